The topological polar surface area (TPSA) is 12.0 Å². The van der Waals surface area contributed by atoms with Crippen molar-refractivity contribution < 1.29 is 0 Å². The molecular formula is C20H43N. The van der Waals surface area contributed by atoms with E-state index < -0.39 is 0 Å². The molecular weight excluding hydrogens is 254 g/mol. The average Bonchev–Trinajstić information content (AvgIpc) is 2.46. The monoisotopic (exact) mass is 297 g/mol. The summed E-state index contributed by atoms with van der Waals surface area (Å²) in [7, 11) is 0. The molecule has 0 radical (unpaired) electrons. The Bertz CT molecular complexity index is 188. The van der Waals surface area contributed by atoms with Crippen LogP contribution in [0.2, 0.25) is 0 Å². The van der Waals surface area contributed by atoms with E-state index in [1.807, 2.05) is 0 Å². The van der Waals surface area contributed by atoms with Gasteiger partial charge >= 0.3 is 0 Å². The Hall–Kier alpha value is -0.0400. The lowest BCUT2D eigenvalue weighted by atomic mass is 9.98. The summed E-state index contributed by atoms with van der Waals surface area (Å²) in [6.45, 7) is 10.3. The molecule has 0 heterocycles. The van der Waals surface area contributed by atoms with Crippen LogP contribution in [-0.2, 0) is 0 Å². The maximum Gasteiger partial charge on any atom is 0.00670 e. The van der Waals surface area contributed by atoms with Gasteiger partial charge in [-0.2, -0.15) is 0 Å². The molecule has 0 aliphatic carbocycles. The van der Waals surface area contributed by atoms with E-state index in [0.29, 0.717) is 0 Å². The zero-order chi connectivity index (χ0) is 15.8. The van der Waals surface area contributed by atoms with E-state index >= 15 is 0 Å². The Labute approximate surface area is 135 Å². The van der Waals surface area contributed by atoms with Crippen molar-refractivity contribution in [2.24, 2.45) is 5.92 Å². The summed E-state index contributed by atoms with van der Waals surface area (Å²) in [5.41, 5.74) is 0. The van der Waals surface area contributed by atoms with Gasteiger partial charge in [-0.05, 0) is 31.7 Å². The van der Waals surface area contributed by atoms with Gasteiger partial charge in [-0.25, -0.2) is 0 Å². The number of rotatable bonds is 16. The summed E-state index contributed by atoms with van der Waals surface area (Å²) >= 11 is 0. The smallest absolute Gasteiger partial charge is 0.00670 e. The van der Waals surface area contributed by atoms with Crippen molar-refractivity contribution >= 4 is 0 Å². The van der Waals surface area contributed by atoms with E-state index in [4.69, 9.17) is 0 Å². The Balaban J connectivity index is 3.36. The fraction of sp³-hybridized carbons (Fsp3) is 1.00. The largest absolute Gasteiger partial charge is 0.314 e. The van der Waals surface area contributed by atoms with Crippen molar-refractivity contribution in [2.45, 2.75) is 117 Å². The van der Waals surface area contributed by atoms with Crippen LogP contribution in [0.1, 0.15) is 111 Å². The maximum atomic E-state index is 3.67. The fourth-order valence-corrected chi connectivity index (χ4v) is 3.05. The minimum absolute atomic E-state index is 0.770. The van der Waals surface area contributed by atoms with Gasteiger partial charge in [-0.1, -0.05) is 91.9 Å². The summed E-state index contributed by atoms with van der Waals surface area (Å²) in [5.74, 6) is 0.846. The van der Waals surface area contributed by atoms with Crippen molar-refractivity contribution in [1.82, 2.24) is 5.32 Å². The van der Waals surface area contributed by atoms with E-state index in [2.05, 4.69) is 33.0 Å². The summed E-state index contributed by atoms with van der Waals surface area (Å²) in [4.78, 5) is 0. The quantitative estimate of drug-likeness (QED) is 0.312. The first-order chi connectivity index (χ1) is 10.2. The van der Waals surface area contributed by atoms with E-state index in [9.17, 15) is 0 Å². The number of nitrogens with one attached hydrogen (secondary N) is 1. The van der Waals surface area contributed by atoms with Crippen LogP contribution >= 0.6 is 0 Å². The molecule has 0 aromatic rings. The molecule has 0 saturated carbocycles. The first kappa shape index (κ1) is 21.0. The molecule has 0 rings (SSSR count). The first-order valence-electron chi connectivity index (χ1n) is 9.94. The van der Waals surface area contributed by atoms with E-state index in [1.54, 1.807) is 0 Å². The summed E-state index contributed by atoms with van der Waals surface area (Å²) < 4.78 is 0. The van der Waals surface area contributed by atoms with Crippen LogP contribution in [0, 0.1) is 5.92 Å². The Morgan fingerprint density at radius 3 is 1.62 bits per heavy atom. The van der Waals surface area contributed by atoms with Gasteiger partial charge in [0.2, 0.25) is 0 Å². The molecule has 0 amide bonds. The number of hydrogen-bond acceptors (Lipinski definition) is 1. The highest BCUT2D eigenvalue weighted by molar-refractivity contribution is 4.67. The zero-order valence-electron chi connectivity index (χ0n) is 15.6. The van der Waals surface area contributed by atoms with Crippen molar-refractivity contribution in [3.63, 3.8) is 0 Å². The minimum Gasteiger partial charge on any atom is -0.314 e. The Morgan fingerprint density at radius 1 is 0.619 bits per heavy atom. The molecule has 0 aliphatic rings. The maximum absolute atomic E-state index is 3.67. The minimum atomic E-state index is 0.770. The van der Waals surface area contributed by atoms with Gasteiger partial charge < -0.3 is 5.32 Å². The van der Waals surface area contributed by atoms with Crippen LogP contribution in [0.5, 0.6) is 0 Å². The third kappa shape index (κ3) is 16.2. The molecule has 0 bridgehead atoms. The van der Waals surface area contributed by atoms with Gasteiger partial charge in [-0.3, -0.25) is 0 Å². The second-order valence-electron chi connectivity index (χ2n) is 7.20. The van der Waals surface area contributed by atoms with Gasteiger partial charge in [-0.15, -0.1) is 0 Å². The lowest BCUT2D eigenvalue weighted by Gasteiger charge is -2.18. The zero-order valence-corrected chi connectivity index (χ0v) is 15.6. The Kier molecular flexibility index (Phi) is 16.3. The third-order valence-electron chi connectivity index (χ3n) is 4.49. The lowest BCUT2D eigenvalue weighted by Crippen LogP contribution is -2.29. The van der Waals surface area contributed by atoms with Crippen molar-refractivity contribution in [2.75, 3.05) is 6.54 Å². The standard InChI is InChI=1S/C20H43N/c1-5-7-8-9-10-11-12-13-14-15-16-20(21-6-2)18-17-19(3)4/h19-21H,5-18H2,1-4H3. The number of unbranched alkanes of at least 4 members (excludes halogenated alkanes) is 9. The van der Waals surface area contributed by atoms with E-state index in [1.165, 1.54) is 83.5 Å². The molecule has 0 aromatic heterocycles. The molecule has 0 saturated heterocycles. The van der Waals surface area contributed by atoms with Crippen LogP contribution in [0.4, 0.5) is 0 Å². The molecule has 1 N–H and O–H groups in total. The average molecular weight is 298 g/mol. The summed E-state index contributed by atoms with van der Waals surface area (Å²) in [6.07, 6.45) is 18.6. The van der Waals surface area contributed by atoms with Gasteiger partial charge in [0.15, 0.2) is 0 Å². The Morgan fingerprint density at radius 2 is 1.14 bits per heavy atom. The molecule has 128 valence electrons. The molecule has 1 unspecified atom stereocenters. The molecule has 1 atom stereocenters. The SMILES string of the molecule is CCCCCCCCCCCCC(CCC(C)C)NCC. The van der Waals surface area contributed by atoms with Crippen molar-refractivity contribution in [3.05, 3.63) is 0 Å². The van der Waals surface area contributed by atoms with Crippen LogP contribution in [-0.4, -0.2) is 12.6 Å². The van der Waals surface area contributed by atoms with Gasteiger partial charge in [0.05, 0.1) is 0 Å². The van der Waals surface area contributed by atoms with Crippen molar-refractivity contribution in [3.8, 4) is 0 Å². The second kappa shape index (κ2) is 16.3. The highest BCUT2D eigenvalue weighted by Crippen LogP contribution is 2.15. The molecule has 0 spiro atoms. The molecule has 21 heavy (non-hydrogen) atoms. The first-order valence-corrected chi connectivity index (χ1v) is 9.94. The van der Waals surface area contributed by atoms with E-state index in [0.717, 1.165) is 18.5 Å². The molecule has 1 heteroatoms. The van der Waals surface area contributed by atoms with E-state index in [-0.39, 0.29) is 0 Å². The number of hydrogen-bond donors (Lipinski definition) is 1. The van der Waals surface area contributed by atoms with Gasteiger partial charge in [0, 0.05) is 6.04 Å². The second-order valence-corrected chi connectivity index (χ2v) is 7.20. The molecule has 0 aliphatic heterocycles. The van der Waals surface area contributed by atoms with Crippen LogP contribution in [0.25, 0.3) is 0 Å². The summed E-state index contributed by atoms with van der Waals surface area (Å²) in [5, 5.41) is 3.67. The van der Waals surface area contributed by atoms with Crippen LogP contribution in [0.15, 0.2) is 0 Å². The lowest BCUT2D eigenvalue weighted by molar-refractivity contribution is 0.401. The normalized spacial score (nSPS) is 13.0. The molecule has 1 nitrogen and oxygen atoms in total. The molecule has 0 aromatic carbocycles. The van der Waals surface area contributed by atoms with Crippen molar-refractivity contribution in [1.29, 1.82) is 0 Å². The third-order valence-corrected chi connectivity index (χ3v) is 4.49. The van der Waals surface area contributed by atoms with Gasteiger partial charge in [0.25, 0.3) is 0 Å². The predicted octanol–water partition coefficient (Wildman–Crippen LogP) is 6.71. The molecule has 0 fully saturated rings. The highest BCUT2D eigenvalue weighted by atomic mass is 14.9. The van der Waals surface area contributed by atoms with Crippen LogP contribution in [0.3, 0.4) is 0 Å². The highest BCUT2D eigenvalue weighted by Gasteiger charge is 2.07. The van der Waals surface area contributed by atoms with Gasteiger partial charge in [0.1, 0.15) is 0 Å². The predicted molar refractivity (Wildman–Crippen MR) is 98.0 cm³/mol. The van der Waals surface area contributed by atoms with Crippen LogP contribution < -0.4 is 5.32 Å². The summed E-state index contributed by atoms with van der Waals surface area (Å²) in [6, 6.07) is 0.770. The fourth-order valence-electron chi connectivity index (χ4n) is 3.05.